The number of carbonyl (C=O) groups excluding carboxylic acids is 3. The molecule has 6 nitrogen and oxygen atoms in total. The highest BCUT2D eigenvalue weighted by Crippen LogP contribution is 2.16. The molecule has 0 spiro atoms. The topological polar surface area (TPSA) is 78.9 Å². The first kappa shape index (κ1) is 64.1. The molecule has 0 saturated carbocycles. The second-order valence-electron chi connectivity index (χ2n) is 19.3. The van der Waals surface area contributed by atoms with Crippen LogP contribution in [0.5, 0.6) is 0 Å². The van der Waals surface area contributed by atoms with E-state index in [1.807, 2.05) is 18.2 Å². The van der Waals surface area contributed by atoms with Crippen molar-refractivity contribution in [2.75, 3.05) is 13.2 Å². The number of ether oxygens (including phenoxy) is 3. The Hall–Kier alpha value is -2.89. The van der Waals surface area contributed by atoms with Crippen molar-refractivity contribution in [3.8, 4) is 0 Å². The van der Waals surface area contributed by atoms with Gasteiger partial charge >= 0.3 is 17.9 Å². The molecular weight excluding hydrogens is 829 g/mol. The Bertz CT molecular complexity index is 1210. The molecule has 0 aliphatic carbocycles. The molecule has 0 saturated heterocycles. The maximum atomic E-state index is 12.8. The lowest BCUT2D eigenvalue weighted by Gasteiger charge is -2.18. The fraction of sp³-hybridized carbons (Fsp3) is 0.787. The van der Waals surface area contributed by atoms with E-state index in [9.17, 15) is 14.4 Å². The van der Waals surface area contributed by atoms with Crippen molar-refractivity contribution >= 4 is 17.9 Å². The number of esters is 3. The van der Waals surface area contributed by atoms with Crippen LogP contribution in [0.4, 0.5) is 0 Å². The molecule has 0 aromatic rings. The molecule has 0 aliphatic rings. The summed E-state index contributed by atoms with van der Waals surface area (Å²) >= 11 is 0. The molecule has 0 bridgehead atoms. The maximum Gasteiger partial charge on any atom is 0.306 e. The average Bonchev–Trinajstić information content (AvgIpc) is 3.33. The summed E-state index contributed by atoms with van der Waals surface area (Å²) < 4.78 is 16.9. The van der Waals surface area contributed by atoms with Crippen LogP contribution >= 0.6 is 0 Å². The standard InChI is InChI=1S/C61H108O6/c1-4-7-10-13-16-19-22-25-28-29-30-31-34-36-39-42-45-48-51-54-60(63)66-57-58(67-61(64)55-52-49-46-43-40-37-33-27-24-21-18-15-12-9-6-3)56-65-59(62)53-50-47-44-41-38-35-32-26-23-20-17-14-11-8-5-2/h9,12,15,18,20-21,23-24,27,33,58H,4-8,10-11,13-14,16-17,19,22,25-26,28-32,34-57H2,1-3H3/b12-9-,18-15-,23-20-,24-21-,33-27-. The van der Waals surface area contributed by atoms with Crippen LogP contribution in [0.15, 0.2) is 60.8 Å². The summed E-state index contributed by atoms with van der Waals surface area (Å²) in [4.78, 5) is 38.1. The molecule has 0 fully saturated rings. The van der Waals surface area contributed by atoms with Gasteiger partial charge in [-0.2, -0.15) is 0 Å². The van der Waals surface area contributed by atoms with Gasteiger partial charge in [-0.3, -0.25) is 14.4 Å². The van der Waals surface area contributed by atoms with Crippen molar-refractivity contribution < 1.29 is 28.6 Å². The zero-order chi connectivity index (χ0) is 48.6. The number of hydrogen-bond donors (Lipinski definition) is 0. The van der Waals surface area contributed by atoms with E-state index < -0.39 is 6.10 Å². The second-order valence-corrected chi connectivity index (χ2v) is 19.3. The molecule has 67 heavy (non-hydrogen) atoms. The van der Waals surface area contributed by atoms with Gasteiger partial charge in [0.05, 0.1) is 0 Å². The van der Waals surface area contributed by atoms with E-state index in [1.165, 1.54) is 167 Å². The monoisotopic (exact) mass is 937 g/mol. The largest absolute Gasteiger partial charge is 0.462 e. The van der Waals surface area contributed by atoms with E-state index in [1.54, 1.807) is 0 Å². The molecule has 388 valence electrons. The minimum absolute atomic E-state index is 0.0827. The molecular formula is C61H108O6. The Labute approximate surface area is 415 Å². The summed E-state index contributed by atoms with van der Waals surface area (Å²) in [7, 11) is 0. The highest BCUT2D eigenvalue weighted by atomic mass is 16.6. The third-order valence-electron chi connectivity index (χ3n) is 12.6. The van der Waals surface area contributed by atoms with Crippen molar-refractivity contribution in [2.24, 2.45) is 0 Å². The zero-order valence-corrected chi connectivity index (χ0v) is 44.4. The first-order valence-electron chi connectivity index (χ1n) is 28.8. The molecule has 0 aliphatic heterocycles. The van der Waals surface area contributed by atoms with Gasteiger partial charge in [-0.15, -0.1) is 0 Å². The third-order valence-corrected chi connectivity index (χ3v) is 12.6. The van der Waals surface area contributed by atoms with E-state index in [0.29, 0.717) is 19.3 Å². The van der Waals surface area contributed by atoms with Gasteiger partial charge in [-0.25, -0.2) is 0 Å². The van der Waals surface area contributed by atoms with Gasteiger partial charge in [-0.05, 0) is 64.2 Å². The molecule has 0 rings (SSSR count). The molecule has 0 N–H and O–H groups in total. The molecule has 0 heterocycles. The van der Waals surface area contributed by atoms with Crippen LogP contribution in [-0.2, 0) is 28.6 Å². The van der Waals surface area contributed by atoms with E-state index in [0.717, 1.165) is 83.5 Å². The van der Waals surface area contributed by atoms with E-state index in [-0.39, 0.29) is 31.1 Å². The number of hydrogen-bond acceptors (Lipinski definition) is 6. The van der Waals surface area contributed by atoms with Crippen LogP contribution in [0, 0.1) is 0 Å². The predicted octanol–water partition coefficient (Wildman–Crippen LogP) is 19.2. The molecule has 1 atom stereocenters. The fourth-order valence-corrected chi connectivity index (χ4v) is 8.27. The molecule has 6 heteroatoms. The molecule has 0 aromatic carbocycles. The van der Waals surface area contributed by atoms with E-state index in [4.69, 9.17) is 14.2 Å². The summed E-state index contributed by atoms with van der Waals surface area (Å²) in [6, 6.07) is 0. The van der Waals surface area contributed by atoms with Gasteiger partial charge in [0.2, 0.25) is 0 Å². The Morgan fingerprint density at radius 1 is 0.313 bits per heavy atom. The summed E-state index contributed by atoms with van der Waals surface area (Å²) in [5, 5.41) is 0. The van der Waals surface area contributed by atoms with Gasteiger partial charge in [0.15, 0.2) is 6.10 Å². The van der Waals surface area contributed by atoms with Crippen molar-refractivity contribution in [1.82, 2.24) is 0 Å². The maximum absolute atomic E-state index is 12.8. The zero-order valence-electron chi connectivity index (χ0n) is 44.4. The third kappa shape index (κ3) is 53.9. The second kappa shape index (κ2) is 55.7. The number of carbonyl (C=O) groups is 3. The summed E-state index contributed by atoms with van der Waals surface area (Å²) in [6.45, 7) is 6.50. The van der Waals surface area contributed by atoms with Gasteiger partial charge in [0.25, 0.3) is 0 Å². The smallest absolute Gasteiger partial charge is 0.306 e. The van der Waals surface area contributed by atoms with Gasteiger partial charge in [0, 0.05) is 19.3 Å². The highest BCUT2D eigenvalue weighted by molar-refractivity contribution is 5.71. The highest BCUT2D eigenvalue weighted by Gasteiger charge is 2.19. The Morgan fingerprint density at radius 3 is 0.970 bits per heavy atom. The van der Waals surface area contributed by atoms with E-state index >= 15 is 0 Å². The molecule has 0 radical (unpaired) electrons. The number of rotatable bonds is 52. The minimum Gasteiger partial charge on any atom is -0.462 e. The first-order valence-corrected chi connectivity index (χ1v) is 28.8. The first-order chi connectivity index (χ1) is 33.0. The number of unbranched alkanes of at least 4 members (excludes halogenated alkanes) is 34. The lowest BCUT2D eigenvalue weighted by atomic mass is 10.0. The summed E-state index contributed by atoms with van der Waals surface area (Å²) in [6.07, 6.45) is 69.2. The summed E-state index contributed by atoms with van der Waals surface area (Å²) in [5.74, 6) is -0.898. The lowest BCUT2D eigenvalue weighted by molar-refractivity contribution is -0.167. The van der Waals surface area contributed by atoms with Crippen molar-refractivity contribution in [3.05, 3.63) is 60.8 Å². The molecule has 0 aromatic heterocycles. The van der Waals surface area contributed by atoms with Crippen LogP contribution in [0.2, 0.25) is 0 Å². The van der Waals surface area contributed by atoms with Gasteiger partial charge in [-0.1, -0.05) is 268 Å². The average molecular weight is 938 g/mol. The lowest BCUT2D eigenvalue weighted by Crippen LogP contribution is -2.30. The van der Waals surface area contributed by atoms with E-state index in [2.05, 4.69) is 63.3 Å². The van der Waals surface area contributed by atoms with Crippen LogP contribution in [0.3, 0.4) is 0 Å². The summed E-state index contributed by atoms with van der Waals surface area (Å²) in [5.41, 5.74) is 0. The van der Waals surface area contributed by atoms with Gasteiger partial charge < -0.3 is 14.2 Å². The number of allylic oxidation sites excluding steroid dienone is 10. The van der Waals surface area contributed by atoms with Crippen LogP contribution in [0.25, 0.3) is 0 Å². The van der Waals surface area contributed by atoms with Crippen LogP contribution < -0.4 is 0 Å². The molecule has 1 unspecified atom stereocenters. The Kier molecular flexibility index (Phi) is 53.3. The minimum atomic E-state index is -0.787. The SMILES string of the molecule is CC\C=C/C=C\C=C/C=C\CCCCCCCC(=O)OC(COC(=O)CCCCCCCCC/C=C\CCCCCC)COC(=O)CCCCCCCCCCCCCCCCCCCCC. The predicted molar refractivity (Wildman–Crippen MR) is 288 cm³/mol. The normalized spacial score (nSPS) is 12.5. The molecule has 0 amide bonds. The van der Waals surface area contributed by atoms with Crippen LogP contribution in [0.1, 0.15) is 290 Å². The Balaban J connectivity index is 4.36. The van der Waals surface area contributed by atoms with Crippen molar-refractivity contribution in [3.63, 3.8) is 0 Å². The fourth-order valence-electron chi connectivity index (χ4n) is 8.27. The quantitative estimate of drug-likeness (QED) is 0.0199. The Morgan fingerprint density at radius 2 is 0.597 bits per heavy atom. The van der Waals surface area contributed by atoms with Crippen LogP contribution in [-0.4, -0.2) is 37.2 Å². The van der Waals surface area contributed by atoms with Gasteiger partial charge in [0.1, 0.15) is 13.2 Å². The van der Waals surface area contributed by atoms with Crippen molar-refractivity contribution in [1.29, 1.82) is 0 Å². The van der Waals surface area contributed by atoms with Crippen molar-refractivity contribution in [2.45, 2.75) is 297 Å².